The van der Waals surface area contributed by atoms with Crippen LogP contribution < -0.4 is 5.73 Å². The van der Waals surface area contributed by atoms with Gasteiger partial charge in [-0.25, -0.2) is 0 Å². The van der Waals surface area contributed by atoms with Crippen LogP contribution in [0.2, 0.25) is 0 Å². The van der Waals surface area contributed by atoms with E-state index in [2.05, 4.69) is 4.98 Å². The smallest absolute Gasteiger partial charge is 0.254 e. The first-order chi connectivity index (χ1) is 9.16. The highest BCUT2D eigenvalue weighted by atomic mass is 16.2. The fourth-order valence-corrected chi connectivity index (χ4v) is 2.67. The lowest BCUT2D eigenvalue weighted by Gasteiger charge is -2.17. The molecule has 1 amide bonds. The predicted molar refractivity (Wildman–Crippen MR) is 76.0 cm³/mol. The van der Waals surface area contributed by atoms with Crippen LogP contribution in [0.1, 0.15) is 28.9 Å². The number of benzene rings is 1. The van der Waals surface area contributed by atoms with Crippen molar-refractivity contribution in [2.24, 2.45) is 0 Å². The molecule has 0 unspecified atom stereocenters. The van der Waals surface area contributed by atoms with Crippen LogP contribution in [0.25, 0.3) is 10.9 Å². The van der Waals surface area contributed by atoms with E-state index in [9.17, 15) is 4.79 Å². The lowest BCUT2D eigenvalue weighted by atomic mass is 10.1. The van der Waals surface area contributed by atoms with Gasteiger partial charge in [0.05, 0.1) is 16.8 Å². The molecule has 2 aromatic rings. The maximum absolute atomic E-state index is 12.6. The zero-order valence-corrected chi connectivity index (χ0v) is 11.0. The second-order valence-corrected chi connectivity index (χ2v) is 5.05. The standard InChI is InChI=1S/C15H17N3O/c1-10-9-12(15(19)18-7-2-3-8-18)11-5-4-6-13(16)14(11)17-10/h4-6,9H,2-3,7-8,16H2,1H3. The Morgan fingerprint density at radius 2 is 2.05 bits per heavy atom. The molecule has 1 fully saturated rings. The number of rotatable bonds is 1. The summed E-state index contributed by atoms with van der Waals surface area (Å²) >= 11 is 0. The molecular formula is C15H17N3O. The van der Waals surface area contributed by atoms with Gasteiger partial charge >= 0.3 is 0 Å². The summed E-state index contributed by atoms with van der Waals surface area (Å²) in [5.74, 6) is 0.0959. The van der Waals surface area contributed by atoms with E-state index in [1.54, 1.807) is 0 Å². The molecule has 0 radical (unpaired) electrons. The summed E-state index contributed by atoms with van der Waals surface area (Å²) in [5.41, 5.74) is 8.85. The summed E-state index contributed by atoms with van der Waals surface area (Å²) < 4.78 is 0. The number of nitrogen functional groups attached to an aromatic ring is 1. The highest BCUT2D eigenvalue weighted by Gasteiger charge is 2.22. The fraction of sp³-hybridized carbons (Fsp3) is 0.333. The van der Waals surface area contributed by atoms with Crippen LogP contribution in [0.3, 0.4) is 0 Å². The second-order valence-electron chi connectivity index (χ2n) is 5.05. The van der Waals surface area contributed by atoms with Gasteiger partial charge in [0, 0.05) is 24.2 Å². The van der Waals surface area contributed by atoms with Crippen molar-refractivity contribution < 1.29 is 4.79 Å². The molecule has 1 aromatic heterocycles. The number of likely N-dealkylation sites (tertiary alicyclic amines) is 1. The first kappa shape index (κ1) is 12.0. The Morgan fingerprint density at radius 1 is 1.32 bits per heavy atom. The van der Waals surface area contributed by atoms with E-state index < -0.39 is 0 Å². The minimum Gasteiger partial charge on any atom is -0.397 e. The van der Waals surface area contributed by atoms with Crippen molar-refractivity contribution in [3.8, 4) is 0 Å². The average Bonchev–Trinajstić information content (AvgIpc) is 2.92. The monoisotopic (exact) mass is 255 g/mol. The van der Waals surface area contributed by atoms with Gasteiger partial charge in [-0.2, -0.15) is 0 Å². The molecular weight excluding hydrogens is 238 g/mol. The van der Waals surface area contributed by atoms with Crippen molar-refractivity contribution in [2.45, 2.75) is 19.8 Å². The summed E-state index contributed by atoms with van der Waals surface area (Å²) in [4.78, 5) is 18.9. The number of anilines is 1. The number of amides is 1. The van der Waals surface area contributed by atoms with Gasteiger partial charge in [0.25, 0.3) is 5.91 Å². The molecule has 98 valence electrons. The molecule has 1 aliphatic rings. The molecule has 0 aliphatic carbocycles. The van der Waals surface area contributed by atoms with Crippen LogP contribution in [-0.4, -0.2) is 28.9 Å². The number of aromatic nitrogens is 1. The Kier molecular flexibility index (Phi) is 2.85. The number of para-hydroxylation sites is 1. The van der Waals surface area contributed by atoms with E-state index in [0.717, 1.165) is 48.1 Å². The van der Waals surface area contributed by atoms with Gasteiger partial charge in [-0.05, 0) is 31.9 Å². The fourth-order valence-electron chi connectivity index (χ4n) is 2.67. The third-order valence-electron chi connectivity index (χ3n) is 3.62. The minimum absolute atomic E-state index is 0.0959. The van der Waals surface area contributed by atoms with Crippen LogP contribution in [0.15, 0.2) is 24.3 Å². The van der Waals surface area contributed by atoms with E-state index in [0.29, 0.717) is 5.69 Å². The van der Waals surface area contributed by atoms with Crippen LogP contribution >= 0.6 is 0 Å². The van der Waals surface area contributed by atoms with Crippen molar-refractivity contribution >= 4 is 22.5 Å². The molecule has 3 rings (SSSR count). The van der Waals surface area contributed by atoms with Crippen LogP contribution in [0.4, 0.5) is 5.69 Å². The molecule has 0 atom stereocenters. The summed E-state index contributed by atoms with van der Waals surface area (Å²) in [6.45, 7) is 3.60. The largest absolute Gasteiger partial charge is 0.397 e. The predicted octanol–water partition coefficient (Wildman–Crippen LogP) is 2.36. The zero-order valence-electron chi connectivity index (χ0n) is 11.0. The number of hydrogen-bond acceptors (Lipinski definition) is 3. The van der Waals surface area contributed by atoms with Gasteiger partial charge in [0.1, 0.15) is 0 Å². The lowest BCUT2D eigenvalue weighted by Crippen LogP contribution is -2.28. The van der Waals surface area contributed by atoms with Crippen molar-refractivity contribution in [1.82, 2.24) is 9.88 Å². The van der Waals surface area contributed by atoms with Crippen molar-refractivity contribution in [2.75, 3.05) is 18.8 Å². The number of nitrogens with two attached hydrogens (primary N) is 1. The summed E-state index contributed by atoms with van der Waals surface area (Å²) in [7, 11) is 0. The quantitative estimate of drug-likeness (QED) is 0.796. The van der Waals surface area contributed by atoms with Gasteiger partial charge in [-0.1, -0.05) is 12.1 Å². The van der Waals surface area contributed by atoms with E-state index in [4.69, 9.17) is 5.73 Å². The maximum Gasteiger partial charge on any atom is 0.254 e. The molecule has 4 heteroatoms. The molecule has 0 spiro atoms. The summed E-state index contributed by atoms with van der Waals surface area (Å²) in [5, 5.41) is 0.850. The van der Waals surface area contributed by atoms with Gasteiger partial charge in [-0.3, -0.25) is 9.78 Å². The van der Waals surface area contributed by atoms with Gasteiger partial charge < -0.3 is 10.6 Å². The van der Waals surface area contributed by atoms with Gasteiger partial charge in [0.15, 0.2) is 0 Å². The van der Waals surface area contributed by atoms with Gasteiger partial charge in [-0.15, -0.1) is 0 Å². The Hall–Kier alpha value is -2.10. The Morgan fingerprint density at radius 3 is 2.79 bits per heavy atom. The highest BCUT2D eigenvalue weighted by molar-refractivity contribution is 6.08. The van der Waals surface area contributed by atoms with Crippen molar-refractivity contribution in [3.05, 3.63) is 35.5 Å². The first-order valence-corrected chi connectivity index (χ1v) is 6.62. The molecule has 2 heterocycles. The molecule has 1 aromatic carbocycles. The summed E-state index contributed by atoms with van der Waals surface area (Å²) in [6, 6.07) is 7.47. The Labute approximate surface area is 112 Å². The topological polar surface area (TPSA) is 59.2 Å². The lowest BCUT2D eigenvalue weighted by molar-refractivity contribution is 0.0794. The third kappa shape index (κ3) is 2.03. The highest BCUT2D eigenvalue weighted by Crippen LogP contribution is 2.25. The van der Waals surface area contributed by atoms with Crippen LogP contribution in [0.5, 0.6) is 0 Å². The Bertz CT molecular complexity index is 645. The van der Waals surface area contributed by atoms with Crippen molar-refractivity contribution in [3.63, 3.8) is 0 Å². The summed E-state index contributed by atoms with van der Waals surface area (Å²) in [6.07, 6.45) is 2.19. The minimum atomic E-state index is 0.0959. The van der Waals surface area contributed by atoms with E-state index in [1.165, 1.54) is 0 Å². The molecule has 4 nitrogen and oxygen atoms in total. The maximum atomic E-state index is 12.6. The van der Waals surface area contributed by atoms with E-state index in [-0.39, 0.29) is 5.91 Å². The first-order valence-electron chi connectivity index (χ1n) is 6.62. The third-order valence-corrected chi connectivity index (χ3v) is 3.62. The second kappa shape index (κ2) is 4.53. The molecule has 19 heavy (non-hydrogen) atoms. The normalized spacial score (nSPS) is 15.1. The van der Waals surface area contributed by atoms with Crippen LogP contribution in [0, 0.1) is 6.92 Å². The zero-order chi connectivity index (χ0) is 13.4. The number of nitrogens with zero attached hydrogens (tertiary/aromatic N) is 2. The molecule has 2 N–H and O–H groups in total. The van der Waals surface area contributed by atoms with Crippen molar-refractivity contribution in [1.29, 1.82) is 0 Å². The molecule has 0 bridgehead atoms. The van der Waals surface area contributed by atoms with Crippen LogP contribution in [-0.2, 0) is 0 Å². The van der Waals surface area contributed by atoms with E-state index in [1.807, 2.05) is 36.1 Å². The number of aryl methyl sites for hydroxylation is 1. The molecule has 1 saturated heterocycles. The van der Waals surface area contributed by atoms with E-state index >= 15 is 0 Å². The van der Waals surface area contributed by atoms with Gasteiger partial charge in [0.2, 0.25) is 0 Å². The number of carbonyl (C=O) groups is 1. The average molecular weight is 255 g/mol. The SMILES string of the molecule is Cc1cc(C(=O)N2CCCC2)c2cccc(N)c2n1. The Balaban J connectivity index is 2.17. The number of pyridine rings is 1. The number of hydrogen-bond donors (Lipinski definition) is 1. The number of fused-ring (bicyclic) bond motifs is 1. The molecule has 1 aliphatic heterocycles. The molecule has 0 saturated carbocycles. The number of carbonyl (C=O) groups excluding carboxylic acids is 1.